The highest BCUT2D eigenvalue weighted by Gasteiger charge is 2.16. The first kappa shape index (κ1) is 16.2. The van der Waals surface area contributed by atoms with E-state index in [0.717, 1.165) is 0 Å². The highest BCUT2D eigenvalue weighted by molar-refractivity contribution is 5.94. The molecule has 1 aromatic rings. The van der Waals surface area contributed by atoms with Crippen LogP contribution in [0.5, 0.6) is 0 Å². The highest BCUT2D eigenvalue weighted by atomic mass is 16.4. The van der Waals surface area contributed by atoms with Gasteiger partial charge in [-0.15, -0.1) is 0 Å². The lowest BCUT2D eigenvalue weighted by Gasteiger charge is -2.19. The zero-order valence-electron chi connectivity index (χ0n) is 12.1. The van der Waals surface area contributed by atoms with Crippen LogP contribution in [-0.2, 0) is 15.0 Å². The Labute approximate surface area is 119 Å². The molecule has 0 aromatic heterocycles. The van der Waals surface area contributed by atoms with E-state index in [2.05, 4.69) is 26.1 Å². The zero-order chi connectivity index (χ0) is 15.3. The normalized spacial score (nSPS) is 12.8. The smallest absolute Gasteiger partial charge is 0.303 e. The van der Waals surface area contributed by atoms with Crippen LogP contribution in [0.4, 0.5) is 5.69 Å². The summed E-state index contributed by atoms with van der Waals surface area (Å²) in [6.07, 6.45) is 0.0127. The van der Waals surface area contributed by atoms with Gasteiger partial charge in [0.05, 0.1) is 6.04 Å². The number of nitrogens with two attached hydrogens (primary N) is 1. The number of benzene rings is 1. The quantitative estimate of drug-likeness (QED) is 0.769. The van der Waals surface area contributed by atoms with Crippen LogP contribution in [0.25, 0.3) is 0 Å². The van der Waals surface area contributed by atoms with E-state index in [4.69, 9.17) is 10.8 Å². The number of aliphatic carboxylic acids is 1. The first-order valence-electron chi connectivity index (χ1n) is 6.59. The fourth-order valence-corrected chi connectivity index (χ4v) is 1.70. The van der Waals surface area contributed by atoms with Gasteiger partial charge in [0.15, 0.2) is 0 Å². The summed E-state index contributed by atoms with van der Waals surface area (Å²) in [5, 5.41) is 11.2. The number of amides is 1. The minimum Gasteiger partial charge on any atom is -0.481 e. The predicted octanol–water partition coefficient (Wildman–Crippen LogP) is 2.11. The Morgan fingerprint density at radius 1 is 1.25 bits per heavy atom. The van der Waals surface area contributed by atoms with Crippen LogP contribution in [0.3, 0.4) is 0 Å². The molecule has 0 aliphatic carbocycles. The van der Waals surface area contributed by atoms with Gasteiger partial charge in [0.25, 0.3) is 0 Å². The van der Waals surface area contributed by atoms with Gasteiger partial charge in [0.1, 0.15) is 0 Å². The second kappa shape index (κ2) is 6.52. The molecule has 0 heterocycles. The van der Waals surface area contributed by atoms with Gasteiger partial charge in [-0.2, -0.15) is 0 Å². The van der Waals surface area contributed by atoms with Crippen LogP contribution >= 0.6 is 0 Å². The molecule has 1 amide bonds. The lowest BCUT2D eigenvalue weighted by Crippen LogP contribution is -2.36. The summed E-state index contributed by atoms with van der Waals surface area (Å²) >= 11 is 0. The molecule has 0 saturated heterocycles. The molecule has 5 heteroatoms. The Morgan fingerprint density at radius 3 is 2.25 bits per heavy atom. The Kier molecular flexibility index (Phi) is 5.27. The molecule has 110 valence electrons. The number of hydrogen-bond donors (Lipinski definition) is 3. The van der Waals surface area contributed by atoms with E-state index in [9.17, 15) is 9.59 Å². The average molecular weight is 278 g/mol. The molecule has 0 aliphatic heterocycles. The molecule has 20 heavy (non-hydrogen) atoms. The second-order valence-corrected chi connectivity index (χ2v) is 5.86. The Balaban J connectivity index is 2.60. The van der Waals surface area contributed by atoms with E-state index >= 15 is 0 Å². The Morgan fingerprint density at radius 2 is 1.80 bits per heavy atom. The van der Waals surface area contributed by atoms with Crippen LogP contribution in [0, 0.1) is 0 Å². The van der Waals surface area contributed by atoms with Crippen molar-refractivity contribution in [1.82, 2.24) is 0 Å². The molecule has 0 aliphatic rings. The number of hydrogen-bond acceptors (Lipinski definition) is 3. The maximum absolute atomic E-state index is 11.8. The standard InChI is InChI=1S/C15H22N2O3/c1-15(2,3)10-4-6-11(7-5-10)17-14(20)12(16)8-9-13(18)19/h4-7,12H,8-9,16H2,1-3H3,(H,17,20)(H,18,19). The summed E-state index contributed by atoms with van der Waals surface area (Å²) in [5.74, 6) is -1.32. The van der Waals surface area contributed by atoms with Crippen LogP contribution in [0.1, 0.15) is 39.2 Å². The van der Waals surface area contributed by atoms with Crippen LogP contribution in [-0.4, -0.2) is 23.0 Å². The van der Waals surface area contributed by atoms with Gasteiger partial charge in [0, 0.05) is 12.1 Å². The summed E-state index contributed by atoms with van der Waals surface area (Å²) in [5.41, 5.74) is 7.53. The monoisotopic (exact) mass is 278 g/mol. The van der Waals surface area contributed by atoms with Gasteiger partial charge < -0.3 is 16.2 Å². The molecule has 0 bridgehead atoms. The summed E-state index contributed by atoms with van der Waals surface area (Å²) in [6.45, 7) is 6.34. The molecule has 5 nitrogen and oxygen atoms in total. The van der Waals surface area contributed by atoms with Gasteiger partial charge >= 0.3 is 5.97 Å². The number of carboxylic acid groups (broad SMARTS) is 1. The summed E-state index contributed by atoms with van der Waals surface area (Å²) in [4.78, 5) is 22.2. The van der Waals surface area contributed by atoms with Crippen molar-refractivity contribution < 1.29 is 14.7 Å². The Hall–Kier alpha value is -1.88. The lowest BCUT2D eigenvalue weighted by atomic mass is 9.87. The maximum Gasteiger partial charge on any atom is 0.303 e. The fraction of sp³-hybridized carbons (Fsp3) is 0.467. The topological polar surface area (TPSA) is 92.4 Å². The van der Waals surface area contributed by atoms with Crippen molar-refractivity contribution in [2.45, 2.75) is 45.1 Å². The number of carbonyl (C=O) groups excluding carboxylic acids is 1. The molecule has 1 rings (SSSR count). The highest BCUT2D eigenvalue weighted by Crippen LogP contribution is 2.23. The third kappa shape index (κ3) is 5.01. The molecule has 1 unspecified atom stereocenters. The number of carbonyl (C=O) groups is 2. The summed E-state index contributed by atoms with van der Waals surface area (Å²) in [7, 11) is 0. The molecule has 1 atom stereocenters. The SMILES string of the molecule is CC(C)(C)c1ccc(NC(=O)C(N)CCC(=O)O)cc1. The average Bonchev–Trinajstić information content (AvgIpc) is 2.35. The molecule has 0 radical (unpaired) electrons. The minimum atomic E-state index is -0.956. The predicted molar refractivity (Wildman–Crippen MR) is 78.6 cm³/mol. The number of nitrogens with one attached hydrogen (secondary N) is 1. The Bertz CT molecular complexity index is 475. The van der Waals surface area contributed by atoms with E-state index in [-0.39, 0.29) is 24.2 Å². The van der Waals surface area contributed by atoms with E-state index in [1.165, 1.54) is 5.56 Å². The van der Waals surface area contributed by atoms with E-state index < -0.39 is 12.0 Å². The molecule has 4 N–H and O–H groups in total. The van der Waals surface area contributed by atoms with Crippen molar-refractivity contribution in [3.05, 3.63) is 29.8 Å². The van der Waals surface area contributed by atoms with Crippen molar-refractivity contribution >= 4 is 17.6 Å². The molecular formula is C15H22N2O3. The van der Waals surface area contributed by atoms with Gasteiger partial charge in [-0.3, -0.25) is 9.59 Å². The number of carboxylic acids is 1. The van der Waals surface area contributed by atoms with Crippen molar-refractivity contribution in [2.24, 2.45) is 5.73 Å². The van der Waals surface area contributed by atoms with Crippen LogP contribution < -0.4 is 11.1 Å². The van der Waals surface area contributed by atoms with Crippen molar-refractivity contribution in [2.75, 3.05) is 5.32 Å². The van der Waals surface area contributed by atoms with Crippen LogP contribution in [0.15, 0.2) is 24.3 Å². The molecular weight excluding hydrogens is 256 g/mol. The lowest BCUT2D eigenvalue weighted by molar-refractivity contribution is -0.137. The fourth-order valence-electron chi connectivity index (χ4n) is 1.70. The van der Waals surface area contributed by atoms with E-state index in [0.29, 0.717) is 5.69 Å². The summed E-state index contributed by atoms with van der Waals surface area (Å²) in [6, 6.07) is 6.75. The molecule has 0 spiro atoms. The second-order valence-electron chi connectivity index (χ2n) is 5.86. The van der Waals surface area contributed by atoms with E-state index in [1.54, 1.807) is 0 Å². The van der Waals surface area contributed by atoms with Gasteiger partial charge in [-0.25, -0.2) is 0 Å². The summed E-state index contributed by atoms with van der Waals surface area (Å²) < 4.78 is 0. The molecule has 1 aromatic carbocycles. The van der Waals surface area contributed by atoms with Gasteiger partial charge in [0.2, 0.25) is 5.91 Å². The molecule has 0 saturated carbocycles. The van der Waals surface area contributed by atoms with E-state index in [1.807, 2.05) is 24.3 Å². The number of rotatable bonds is 5. The maximum atomic E-state index is 11.8. The minimum absolute atomic E-state index is 0.0560. The van der Waals surface area contributed by atoms with Crippen molar-refractivity contribution in [3.8, 4) is 0 Å². The van der Waals surface area contributed by atoms with Crippen LogP contribution in [0.2, 0.25) is 0 Å². The molecule has 0 fully saturated rings. The largest absolute Gasteiger partial charge is 0.481 e. The van der Waals surface area contributed by atoms with Crippen molar-refractivity contribution in [3.63, 3.8) is 0 Å². The zero-order valence-corrected chi connectivity index (χ0v) is 12.1. The first-order chi connectivity index (χ1) is 9.20. The number of anilines is 1. The third-order valence-electron chi connectivity index (χ3n) is 3.02. The van der Waals surface area contributed by atoms with Crippen molar-refractivity contribution in [1.29, 1.82) is 0 Å². The van der Waals surface area contributed by atoms with Gasteiger partial charge in [-0.05, 0) is 29.5 Å². The van der Waals surface area contributed by atoms with Gasteiger partial charge in [-0.1, -0.05) is 32.9 Å². The first-order valence-corrected chi connectivity index (χ1v) is 6.59. The third-order valence-corrected chi connectivity index (χ3v) is 3.02.